The van der Waals surface area contributed by atoms with Crippen LogP contribution in [0, 0.1) is 11.8 Å². The molecule has 0 bridgehead atoms. The molecule has 1 saturated heterocycles. The molecule has 0 radical (unpaired) electrons. The zero-order valence-corrected chi connectivity index (χ0v) is 16.8. The standard InChI is InChI=1S/C19H28N2O5S/c1-4-13(2)14(3)20-18(22)15-9-11-21(12-10-15)27(25,26)17-7-5-16(6-8-17)19(23)24/h5-8,13-15H,4,9-12H2,1-3H3,(H,20,22)(H,23,24). The van der Waals surface area contributed by atoms with E-state index in [1.54, 1.807) is 0 Å². The normalized spacial score (nSPS) is 18.6. The Morgan fingerprint density at radius 1 is 1.19 bits per heavy atom. The summed E-state index contributed by atoms with van der Waals surface area (Å²) in [5.41, 5.74) is 0.0414. The highest BCUT2D eigenvalue weighted by molar-refractivity contribution is 7.89. The summed E-state index contributed by atoms with van der Waals surface area (Å²) in [5, 5.41) is 12.0. The largest absolute Gasteiger partial charge is 0.478 e. The molecule has 1 aromatic carbocycles. The first-order valence-electron chi connectivity index (χ1n) is 9.30. The van der Waals surface area contributed by atoms with E-state index < -0.39 is 16.0 Å². The number of hydrogen-bond donors (Lipinski definition) is 2. The van der Waals surface area contributed by atoms with Gasteiger partial charge in [-0.25, -0.2) is 13.2 Å². The third kappa shape index (κ3) is 5.07. The summed E-state index contributed by atoms with van der Waals surface area (Å²) in [6.07, 6.45) is 1.94. The van der Waals surface area contributed by atoms with E-state index in [0.29, 0.717) is 18.8 Å². The Bertz CT molecular complexity index is 768. The van der Waals surface area contributed by atoms with Gasteiger partial charge in [-0.1, -0.05) is 20.3 Å². The second-order valence-electron chi connectivity index (χ2n) is 7.19. The Morgan fingerprint density at radius 3 is 2.22 bits per heavy atom. The predicted molar refractivity (Wildman–Crippen MR) is 102 cm³/mol. The van der Waals surface area contributed by atoms with Gasteiger partial charge < -0.3 is 10.4 Å². The number of sulfonamides is 1. The summed E-state index contributed by atoms with van der Waals surface area (Å²) >= 11 is 0. The van der Waals surface area contributed by atoms with Crippen LogP contribution in [0.5, 0.6) is 0 Å². The first-order valence-corrected chi connectivity index (χ1v) is 10.7. The number of amides is 1. The first-order chi connectivity index (χ1) is 12.7. The van der Waals surface area contributed by atoms with Crippen LogP contribution in [0.4, 0.5) is 0 Å². The third-order valence-corrected chi connectivity index (χ3v) is 7.34. The molecule has 7 nitrogen and oxygen atoms in total. The van der Waals surface area contributed by atoms with Gasteiger partial charge in [-0.2, -0.15) is 4.31 Å². The number of nitrogens with one attached hydrogen (secondary N) is 1. The fourth-order valence-electron chi connectivity index (χ4n) is 3.11. The van der Waals surface area contributed by atoms with Crippen molar-refractivity contribution in [2.45, 2.75) is 51.0 Å². The zero-order chi connectivity index (χ0) is 20.2. The summed E-state index contributed by atoms with van der Waals surface area (Å²) < 4.78 is 26.8. The van der Waals surface area contributed by atoms with Crippen molar-refractivity contribution in [1.29, 1.82) is 0 Å². The Labute approximate surface area is 160 Å². The number of aromatic carboxylic acids is 1. The summed E-state index contributed by atoms with van der Waals surface area (Å²) in [5.74, 6) is -0.899. The maximum atomic E-state index is 12.7. The van der Waals surface area contributed by atoms with Gasteiger partial charge in [0, 0.05) is 25.0 Å². The van der Waals surface area contributed by atoms with Crippen molar-refractivity contribution in [1.82, 2.24) is 9.62 Å². The van der Waals surface area contributed by atoms with Gasteiger partial charge in [0.2, 0.25) is 15.9 Å². The molecule has 2 atom stereocenters. The molecule has 1 aliphatic rings. The minimum absolute atomic E-state index is 0.00865. The molecule has 1 aliphatic heterocycles. The van der Waals surface area contributed by atoms with Crippen LogP contribution in [0.1, 0.15) is 50.4 Å². The average Bonchev–Trinajstić information content (AvgIpc) is 2.67. The van der Waals surface area contributed by atoms with Gasteiger partial charge in [-0.15, -0.1) is 0 Å². The van der Waals surface area contributed by atoms with E-state index in [-0.39, 0.29) is 41.4 Å². The molecular weight excluding hydrogens is 368 g/mol. The molecule has 2 rings (SSSR count). The number of carbonyl (C=O) groups is 2. The number of benzene rings is 1. The number of carbonyl (C=O) groups excluding carboxylic acids is 1. The molecule has 0 spiro atoms. The molecule has 0 aromatic heterocycles. The maximum absolute atomic E-state index is 12.7. The van der Waals surface area contributed by atoms with Gasteiger partial charge in [0.1, 0.15) is 0 Å². The van der Waals surface area contributed by atoms with Crippen molar-refractivity contribution < 1.29 is 23.1 Å². The smallest absolute Gasteiger partial charge is 0.335 e. The van der Waals surface area contributed by atoms with Crippen LogP contribution in [0.3, 0.4) is 0 Å². The number of rotatable bonds is 7. The molecule has 2 unspecified atom stereocenters. The zero-order valence-electron chi connectivity index (χ0n) is 16.0. The van der Waals surface area contributed by atoms with Crippen molar-refractivity contribution in [2.24, 2.45) is 11.8 Å². The average molecular weight is 397 g/mol. The molecule has 1 amide bonds. The van der Waals surface area contributed by atoms with Crippen molar-refractivity contribution in [3.8, 4) is 0 Å². The van der Waals surface area contributed by atoms with Gasteiger partial charge >= 0.3 is 5.97 Å². The fourth-order valence-corrected chi connectivity index (χ4v) is 4.58. The van der Waals surface area contributed by atoms with Crippen molar-refractivity contribution in [3.05, 3.63) is 29.8 Å². The number of hydrogen-bond acceptors (Lipinski definition) is 4. The van der Waals surface area contributed by atoms with Crippen LogP contribution in [0.15, 0.2) is 29.2 Å². The van der Waals surface area contributed by atoms with Crippen LogP contribution in [-0.4, -0.2) is 48.8 Å². The van der Waals surface area contributed by atoms with Crippen LogP contribution < -0.4 is 5.32 Å². The van der Waals surface area contributed by atoms with E-state index in [2.05, 4.69) is 19.2 Å². The lowest BCUT2D eigenvalue weighted by Gasteiger charge is -2.31. The number of nitrogens with zero attached hydrogens (tertiary/aromatic N) is 1. The third-order valence-electron chi connectivity index (χ3n) is 5.43. The molecule has 8 heteroatoms. The lowest BCUT2D eigenvalue weighted by atomic mass is 9.95. The number of carboxylic acid groups (broad SMARTS) is 1. The molecule has 0 saturated carbocycles. The second kappa shape index (κ2) is 8.84. The van der Waals surface area contributed by atoms with Crippen LogP contribution in [-0.2, 0) is 14.8 Å². The van der Waals surface area contributed by atoms with Gasteiger partial charge in [0.15, 0.2) is 0 Å². The van der Waals surface area contributed by atoms with Crippen LogP contribution >= 0.6 is 0 Å². The lowest BCUT2D eigenvalue weighted by molar-refractivity contribution is -0.127. The Kier molecular flexibility index (Phi) is 7.00. The topological polar surface area (TPSA) is 104 Å². The molecule has 1 fully saturated rings. The quantitative estimate of drug-likeness (QED) is 0.736. The second-order valence-corrected chi connectivity index (χ2v) is 9.13. The van der Waals surface area contributed by atoms with E-state index in [4.69, 9.17) is 5.11 Å². The van der Waals surface area contributed by atoms with E-state index in [1.807, 2.05) is 6.92 Å². The van der Waals surface area contributed by atoms with Crippen molar-refractivity contribution in [2.75, 3.05) is 13.1 Å². The van der Waals surface area contributed by atoms with E-state index in [9.17, 15) is 18.0 Å². The van der Waals surface area contributed by atoms with Gasteiger partial charge in [-0.05, 0) is 49.9 Å². The highest BCUT2D eigenvalue weighted by Gasteiger charge is 2.32. The van der Waals surface area contributed by atoms with E-state index >= 15 is 0 Å². The molecule has 27 heavy (non-hydrogen) atoms. The summed E-state index contributed by atoms with van der Waals surface area (Å²) in [7, 11) is -3.69. The van der Waals surface area contributed by atoms with Gasteiger partial charge in [-0.3, -0.25) is 4.79 Å². The monoisotopic (exact) mass is 396 g/mol. The maximum Gasteiger partial charge on any atom is 0.335 e. The molecule has 0 aliphatic carbocycles. The summed E-state index contributed by atoms with van der Waals surface area (Å²) in [6, 6.07) is 5.28. The Morgan fingerprint density at radius 2 is 1.74 bits per heavy atom. The number of piperidine rings is 1. The first kappa shape index (κ1) is 21.4. The van der Waals surface area contributed by atoms with E-state index in [0.717, 1.165) is 6.42 Å². The SMILES string of the molecule is CCC(C)C(C)NC(=O)C1CCN(S(=O)(=O)c2ccc(C(=O)O)cc2)CC1. The van der Waals surface area contributed by atoms with Crippen molar-refractivity contribution in [3.63, 3.8) is 0 Å². The fraction of sp³-hybridized carbons (Fsp3) is 0.579. The summed E-state index contributed by atoms with van der Waals surface area (Å²) in [6.45, 7) is 6.72. The summed E-state index contributed by atoms with van der Waals surface area (Å²) in [4.78, 5) is 23.4. The van der Waals surface area contributed by atoms with E-state index in [1.165, 1.54) is 28.6 Å². The van der Waals surface area contributed by atoms with Gasteiger partial charge in [0.25, 0.3) is 0 Å². The number of carboxylic acids is 1. The molecule has 1 aromatic rings. The highest BCUT2D eigenvalue weighted by atomic mass is 32.2. The minimum atomic E-state index is -3.69. The minimum Gasteiger partial charge on any atom is -0.478 e. The Balaban J connectivity index is 1.97. The Hall–Kier alpha value is -1.93. The van der Waals surface area contributed by atoms with Gasteiger partial charge in [0.05, 0.1) is 10.5 Å². The molecular formula is C19H28N2O5S. The molecule has 2 N–H and O–H groups in total. The van der Waals surface area contributed by atoms with Crippen LogP contribution in [0.2, 0.25) is 0 Å². The van der Waals surface area contributed by atoms with Crippen molar-refractivity contribution >= 4 is 21.9 Å². The lowest BCUT2D eigenvalue weighted by Crippen LogP contribution is -2.46. The predicted octanol–water partition coefficient (Wildman–Crippen LogP) is 2.34. The molecule has 1 heterocycles. The highest BCUT2D eigenvalue weighted by Crippen LogP contribution is 2.24. The molecule has 150 valence electrons. The van der Waals surface area contributed by atoms with Crippen LogP contribution in [0.25, 0.3) is 0 Å².